The van der Waals surface area contributed by atoms with Gasteiger partial charge in [0.05, 0.1) is 18.4 Å². The maximum absolute atomic E-state index is 12.8. The topological polar surface area (TPSA) is 99.5 Å². The lowest BCUT2D eigenvalue weighted by atomic mass is 10.1. The molecule has 182 valence electrons. The fourth-order valence-corrected chi connectivity index (χ4v) is 4.89. The van der Waals surface area contributed by atoms with E-state index in [0.29, 0.717) is 36.6 Å². The number of carbonyl (C=O) groups is 1. The number of anilines is 3. The second-order valence-corrected chi connectivity index (χ2v) is 9.22. The molecule has 3 aromatic rings. The van der Waals surface area contributed by atoms with Crippen molar-refractivity contribution >= 4 is 34.4 Å². The van der Waals surface area contributed by atoms with Crippen LogP contribution in [0.5, 0.6) is 0 Å². The summed E-state index contributed by atoms with van der Waals surface area (Å²) in [5, 5.41) is 3.28. The highest BCUT2D eigenvalue weighted by Crippen LogP contribution is 2.27. The number of likely N-dealkylation sites (tertiary alicyclic amines) is 1. The highest BCUT2D eigenvalue weighted by molar-refractivity contribution is 5.87. The SMILES string of the molecule is C=CC(=O)N1CC[C@H](n2c(=O)cnc3cnc(Nc4ccc(N5CCN(C)CC5)c(C)c4)nc32)C1. The first-order valence-electron chi connectivity index (χ1n) is 11.9. The van der Waals surface area contributed by atoms with E-state index in [0.717, 1.165) is 31.9 Å². The Morgan fingerprint density at radius 3 is 2.69 bits per heavy atom. The minimum atomic E-state index is -0.243. The van der Waals surface area contributed by atoms with Crippen molar-refractivity contribution in [3.63, 3.8) is 0 Å². The average molecular weight is 475 g/mol. The predicted molar refractivity (Wildman–Crippen MR) is 136 cm³/mol. The number of hydrogen-bond donors (Lipinski definition) is 1. The first-order valence-corrected chi connectivity index (χ1v) is 11.9. The average Bonchev–Trinajstić information content (AvgIpc) is 3.34. The fraction of sp³-hybridized carbons (Fsp3) is 0.400. The van der Waals surface area contributed by atoms with Gasteiger partial charge in [0.15, 0.2) is 5.65 Å². The van der Waals surface area contributed by atoms with Crippen LogP contribution < -0.4 is 15.8 Å². The number of fused-ring (bicyclic) bond motifs is 1. The zero-order valence-corrected chi connectivity index (χ0v) is 20.1. The molecule has 10 nitrogen and oxygen atoms in total. The van der Waals surface area contributed by atoms with Crippen molar-refractivity contribution in [1.82, 2.24) is 29.3 Å². The smallest absolute Gasteiger partial charge is 0.270 e. The third-order valence-corrected chi connectivity index (χ3v) is 6.84. The van der Waals surface area contributed by atoms with E-state index in [1.54, 1.807) is 15.7 Å². The Morgan fingerprint density at radius 1 is 1.14 bits per heavy atom. The molecule has 2 fully saturated rings. The monoisotopic (exact) mass is 474 g/mol. The van der Waals surface area contributed by atoms with Crippen LogP contribution in [-0.4, -0.2) is 81.5 Å². The molecule has 1 N–H and O–H groups in total. The van der Waals surface area contributed by atoms with Gasteiger partial charge in [-0.3, -0.25) is 14.2 Å². The van der Waals surface area contributed by atoms with Crippen molar-refractivity contribution in [2.45, 2.75) is 19.4 Å². The van der Waals surface area contributed by atoms with Crippen molar-refractivity contribution < 1.29 is 4.79 Å². The lowest BCUT2D eigenvalue weighted by molar-refractivity contribution is -0.125. The molecule has 1 atom stereocenters. The van der Waals surface area contributed by atoms with E-state index in [9.17, 15) is 9.59 Å². The molecular weight excluding hydrogens is 444 g/mol. The van der Waals surface area contributed by atoms with Gasteiger partial charge in [0.2, 0.25) is 11.9 Å². The van der Waals surface area contributed by atoms with E-state index < -0.39 is 0 Å². The van der Waals surface area contributed by atoms with E-state index in [4.69, 9.17) is 0 Å². The normalized spacial score (nSPS) is 18.7. The highest BCUT2D eigenvalue weighted by Gasteiger charge is 2.28. The van der Waals surface area contributed by atoms with Crippen LogP contribution in [0.15, 0.2) is 48.0 Å². The van der Waals surface area contributed by atoms with E-state index in [2.05, 4.69) is 62.8 Å². The Hall–Kier alpha value is -3.79. The molecule has 10 heteroatoms. The van der Waals surface area contributed by atoms with Gasteiger partial charge in [0.1, 0.15) is 5.52 Å². The quantitative estimate of drug-likeness (QED) is 0.560. The number of likely N-dealkylation sites (N-methyl/N-ethyl adjacent to an activating group) is 1. The highest BCUT2D eigenvalue weighted by atomic mass is 16.2. The third-order valence-electron chi connectivity index (χ3n) is 6.84. The molecule has 35 heavy (non-hydrogen) atoms. The van der Waals surface area contributed by atoms with Gasteiger partial charge in [0, 0.05) is 50.6 Å². The predicted octanol–water partition coefficient (Wildman–Crippen LogP) is 1.95. The summed E-state index contributed by atoms with van der Waals surface area (Å²) >= 11 is 0. The lowest BCUT2D eigenvalue weighted by Gasteiger charge is -2.35. The zero-order valence-electron chi connectivity index (χ0n) is 20.1. The van der Waals surface area contributed by atoms with Gasteiger partial charge in [-0.05, 0) is 50.2 Å². The maximum Gasteiger partial charge on any atom is 0.270 e. The van der Waals surface area contributed by atoms with Crippen LogP contribution >= 0.6 is 0 Å². The van der Waals surface area contributed by atoms with Gasteiger partial charge >= 0.3 is 0 Å². The van der Waals surface area contributed by atoms with Gasteiger partial charge in [-0.15, -0.1) is 0 Å². The maximum atomic E-state index is 12.8. The molecule has 0 radical (unpaired) electrons. The molecule has 0 bridgehead atoms. The Morgan fingerprint density at radius 2 is 1.94 bits per heavy atom. The number of piperazine rings is 1. The summed E-state index contributed by atoms with van der Waals surface area (Å²) in [7, 11) is 2.15. The van der Waals surface area contributed by atoms with Crippen LogP contribution in [0.3, 0.4) is 0 Å². The first-order chi connectivity index (χ1) is 16.9. The fourth-order valence-electron chi connectivity index (χ4n) is 4.89. The standard InChI is InChI=1S/C25H30N8O2/c1-4-22(34)32-8-7-19(16-32)33-23(35)15-26-20-14-27-25(29-24(20)33)28-18-5-6-21(17(2)13-18)31-11-9-30(3)10-12-31/h4-6,13-15,19H,1,7-12,16H2,2-3H3,(H,27,28,29)/t19-/m0/s1. The van der Waals surface area contributed by atoms with Crippen LogP contribution in [0.2, 0.25) is 0 Å². The second-order valence-electron chi connectivity index (χ2n) is 9.22. The van der Waals surface area contributed by atoms with Crippen LogP contribution in [-0.2, 0) is 4.79 Å². The number of aromatic nitrogens is 4. The van der Waals surface area contributed by atoms with Crippen LogP contribution in [0.25, 0.3) is 11.2 Å². The number of benzene rings is 1. The molecule has 0 unspecified atom stereocenters. The largest absolute Gasteiger partial charge is 0.369 e. The minimum Gasteiger partial charge on any atom is -0.369 e. The number of nitrogens with one attached hydrogen (secondary N) is 1. The number of rotatable bonds is 5. The van der Waals surface area contributed by atoms with Crippen molar-refractivity contribution in [2.24, 2.45) is 0 Å². The number of aryl methyl sites for hydroxylation is 1. The lowest BCUT2D eigenvalue weighted by Crippen LogP contribution is -2.44. The summed E-state index contributed by atoms with van der Waals surface area (Å²) < 4.78 is 1.63. The van der Waals surface area contributed by atoms with E-state index >= 15 is 0 Å². The minimum absolute atomic E-state index is 0.133. The summed E-state index contributed by atoms with van der Waals surface area (Å²) in [4.78, 5) is 44.5. The Kier molecular flexibility index (Phi) is 6.21. The van der Waals surface area contributed by atoms with Gasteiger partial charge in [-0.25, -0.2) is 9.97 Å². The molecule has 0 aliphatic carbocycles. The van der Waals surface area contributed by atoms with Gasteiger partial charge in [0.25, 0.3) is 5.56 Å². The number of hydrogen-bond acceptors (Lipinski definition) is 8. The summed E-state index contributed by atoms with van der Waals surface area (Å²) in [5.41, 5.74) is 4.04. The van der Waals surface area contributed by atoms with E-state index in [1.165, 1.54) is 23.5 Å². The molecule has 2 aliphatic rings. The van der Waals surface area contributed by atoms with Crippen molar-refractivity contribution in [1.29, 1.82) is 0 Å². The molecule has 2 saturated heterocycles. The van der Waals surface area contributed by atoms with Crippen LogP contribution in [0.4, 0.5) is 17.3 Å². The molecule has 1 amide bonds. The zero-order chi connectivity index (χ0) is 24.5. The Labute approximate surface area is 203 Å². The van der Waals surface area contributed by atoms with E-state index in [1.807, 2.05) is 6.07 Å². The van der Waals surface area contributed by atoms with Crippen LogP contribution in [0.1, 0.15) is 18.0 Å². The molecule has 2 aliphatic heterocycles. The molecule has 4 heterocycles. The first kappa shape index (κ1) is 23.0. The molecule has 0 saturated carbocycles. The summed E-state index contributed by atoms with van der Waals surface area (Å²) in [5.74, 6) is 0.258. The van der Waals surface area contributed by atoms with Crippen molar-refractivity contribution in [2.75, 3.05) is 56.5 Å². The second kappa shape index (κ2) is 9.46. The van der Waals surface area contributed by atoms with E-state index in [-0.39, 0.29) is 17.5 Å². The third kappa shape index (κ3) is 4.61. The molecule has 1 aromatic carbocycles. The van der Waals surface area contributed by atoms with Crippen LogP contribution in [0, 0.1) is 6.92 Å². The molecule has 2 aromatic heterocycles. The van der Waals surface area contributed by atoms with Gasteiger partial charge in [-0.2, -0.15) is 4.98 Å². The Bertz CT molecular complexity index is 1330. The summed E-state index contributed by atoms with van der Waals surface area (Å²) in [6.07, 6.45) is 4.88. The Balaban J connectivity index is 1.40. The molecule has 5 rings (SSSR count). The molecular formula is C25H30N8O2. The van der Waals surface area contributed by atoms with Gasteiger partial charge in [-0.1, -0.05) is 6.58 Å². The number of carbonyl (C=O) groups excluding carboxylic acids is 1. The number of nitrogens with zero attached hydrogens (tertiary/aromatic N) is 7. The van der Waals surface area contributed by atoms with Gasteiger partial charge < -0.3 is 20.0 Å². The number of amides is 1. The molecule has 0 spiro atoms. The summed E-state index contributed by atoms with van der Waals surface area (Å²) in [6.45, 7) is 10.8. The summed E-state index contributed by atoms with van der Waals surface area (Å²) in [6, 6.07) is 6.07. The van der Waals surface area contributed by atoms with Crippen molar-refractivity contribution in [3.8, 4) is 0 Å². The van der Waals surface area contributed by atoms with Crippen molar-refractivity contribution in [3.05, 3.63) is 59.2 Å².